The molecule has 6 nitrogen and oxygen atoms in total. The fourth-order valence-corrected chi connectivity index (χ4v) is 2.16. The van der Waals surface area contributed by atoms with E-state index in [2.05, 4.69) is 4.74 Å². The van der Waals surface area contributed by atoms with Gasteiger partial charge in [-0.05, 0) is 42.8 Å². The van der Waals surface area contributed by atoms with Gasteiger partial charge >= 0.3 is 11.9 Å². The molecule has 0 aliphatic carbocycles. The van der Waals surface area contributed by atoms with E-state index in [9.17, 15) is 9.59 Å². The van der Waals surface area contributed by atoms with Crippen molar-refractivity contribution < 1.29 is 23.8 Å². The summed E-state index contributed by atoms with van der Waals surface area (Å²) in [7, 11) is 1.20. The van der Waals surface area contributed by atoms with Gasteiger partial charge in [-0.15, -0.1) is 0 Å². The topological polar surface area (TPSA) is 85.6 Å². The number of benzene rings is 2. The maximum Gasteiger partial charge on any atom is 0.348 e. The van der Waals surface area contributed by atoms with Crippen molar-refractivity contribution in [1.29, 1.82) is 5.26 Å². The minimum absolute atomic E-state index is 0.155. The van der Waals surface area contributed by atoms with E-state index < -0.39 is 11.9 Å². The molecule has 0 saturated carbocycles. The third-order valence-corrected chi connectivity index (χ3v) is 3.31. The number of para-hydroxylation sites is 1. The van der Waals surface area contributed by atoms with Crippen molar-refractivity contribution in [3.05, 3.63) is 65.2 Å². The highest BCUT2D eigenvalue weighted by Gasteiger charge is 2.15. The Morgan fingerprint density at radius 3 is 2.62 bits per heavy atom. The van der Waals surface area contributed by atoms with Gasteiger partial charge in [0.1, 0.15) is 28.7 Å². The van der Waals surface area contributed by atoms with Crippen molar-refractivity contribution in [3.63, 3.8) is 0 Å². The number of methoxy groups -OCH3 is 1. The molecule has 132 valence electrons. The molecule has 6 heteroatoms. The largest absolute Gasteiger partial charge is 0.493 e. The SMILES string of the molecule is CCOc1ccccc1C(=O)Oc1cccc(C=C(C#N)C(=O)OC)c1. The van der Waals surface area contributed by atoms with Crippen LogP contribution in [0, 0.1) is 11.3 Å². The minimum atomic E-state index is -0.736. The first-order valence-electron chi connectivity index (χ1n) is 7.83. The van der Waals surface area contributed by atoms with E-state index in [1.54, 1.807) is 54.6 Å². The molecular weight excluding hydrogens is 334 g/mol. The lowest BCUT2D eigenvalue weighted by Crippen LogP contribution is -2.10. The Morgan fingerprint density at radius 2 is 1.92 bits per heavy atom. The lowest BCUT2D eigenvalue weighted by molar-refractivity contribution is -0.135. The lowest BCUT2D eigenvalue weighted by Gasteiger charge is -2.10. The van der Waals surface area contributed by atoms with Crippen molar-refractivity contribution in [2.45, 2.75) is 6.92 Å². The van der Waals surface area contributed by atoms with E-state index >= 15 is 0 Å². The summed E-state index contributed by atoms with van der Waals surface area (Å²) in [5.41, 5.74) is 0.676. The van der Waals surface area contributed by atoms with Crippen LogP contribution in [0.1, 0.15) is 22.8 Å². The molecule has 2 rings (SSSR count). The van der Waals surface area contributed by atoms with Crippen molar-refractivity contribution >= 4 is 18.0 Å². The summed E-state index contributed by atoms with van der Waals surface area (Å²) in [6.45, 7) is 2.25. The molecule has 0 aliphatic heterocycles. The molecular formula is C20H17NO5. The van der Waals surface area contributed by atoms with E-state index in [-0.39, 0.29) is 11.3 Å². The second kappa shape index (κ2) is 9.04. The molecule has 0 atom stereocenters. The fourth-order valence-electron chi connectivity index (χ4n) is 2.16. The maximum atomic E-state index is 12.4. The Labute approximate surface area is 151 Å². The Kier molecular flexibility index (Phi) is 6.52. The molecule has 0 heterocycles. The first-order valence-corrected chi connectivity index (χ1v) is 7.83. The summed E-state index contributed by atoms with van der Waals surface area (Å²) in [6, 6.07) is 15.0. The standard InChI is InChI=1S/C20H17NO5/c1-3-25-18-10-5-4-9-17(18)20(23)26-16-8-6-7-14(12-16)11-15(13-21)19(22)24-2/h4-12H,3H2,1-2H3. The van der Waals surface area contributed by atoms with E-state index in [0.29, 0.717) is 23.5 Å². The number of esters is 2. The highest BCUT2D eigenvalue weighted by Crippen LogP contribution is 2.22. The Morgan fingerprint density at radius 1 is 1.15 bits per heavy atom. The molecule has 0 bridgehead atoms. The number of hydrogen-bond donors (Lipinski definition) is 0. The van der Waals surface area contributed by atoms with Crippen molar-refractivity contribution in [3.8, 4) is 17.6 Å². The molecule has 0 aromatic heterocycles. The minimum Gasteiger partial charge on any atom is -0.493 e. The van der Waals surface area contributed by atoms with Gasteiger partial charge in [-0.3, -0.25) is 0 Å². The zero-order valence-corrected chi connectivity index (χ0v) is 14.4. The van der Waals surface area contributed by atoms with E-state index in [1.807, 2.05) is 6.92 Å². The molecule has 0 N–H and O–H groups in total. The number of carbonyl (C=O) groups is 2. The van der Waals surface area contributed by atoms with Gasteiger partial charge in [-0.1, -0.05) is 24.3 Å². The maximum absolute atomic E-state index is 12.4. The smallest absolute Gasteiger partial charge is 0.348 e. The number of rotatable bonds is 6. The van der Waals surface area contributed by atoms with E-state index in [4.69, 9.17) is 14.7 Å². The molecule has 0 aliphatic rings. The third-order valence-electron chi connectivity index (χ3n) is 3.31. The fraction of sp³-hybridized carbons (Fsp3) is 0.150. The van der Waals surface area contributed by atoms with Crippen molar-refractivity contribution in [2.75, 3.05) is 13.7 Å². The molecule has 0 saturated heterocycles. The van der Waals surface area contributed by atoms with Gasteiger partial charge in [0.2, 0.25) is 0 Å². The number of nitriles is 1. The van der Waals surface area contributed by atoms with Crippen LogP contribution in [-0.2, 0) is 9.53 Å². The number of nitrogens with zero attached hydrogens (tertiary/aromatic N) is 1. The highest BCUT2D eigenvalue weighted by molar-refractivity contribution is 5.98. The predicted molar refractivity (Wildman–Crippen MR) is 94.6 cm³/mol. The summed E-state index contributed by atoms with van der Waals surface area (Å²) < 4.78 is 15.3. The summed E-state index contributed by atoms with van der Waals surface area (Å²) >= 11 is 0. The van der Waals surface area contributed by atoms with Crippen LogP contribution in [0.2, 0.25) is 0 Å². The average Bonchev–Trinajstić information content (AvgIpc) is 2.66. The zero-order chi connectivity index (χ0) is 18.9. The summed E-state index contributed by atoms with van der Waals surface area (Å²) in [5, 5.41) is 9.01. The van der Waals surface area contributed by atoms with E-state index in [1.165, 1.54) is 13.2 Å². The average molecular weight is 351 g/mol. The molecule has 0 radical (unpaired) electrons. The van der Waals surface area contributed by atoms with Gasteiger partial charge in [0.15, 0.2) is 0 Å². The van der Waals surface area contributed by atoms with Gasteiger partial charge in [-0.25, -0.2) is 9.59 Å². The molecule has 26 heavy (non-hydrogen) atoms. The normalized spacial score (nSPS) is 10.6. The number of hydrogen-bond acceptors (Lipinski definition) is 6. The molecule has 2 aromatic rings. The monoisotopic (exact) mass is 351 g/mol. The van der Waals surface area contributed by atoms with Crippen LogP contribution in [0.15, 0.2) is 54.1 Å². The lowest BCUT2D eigenvalue weighted by atomic mass is 10.1. The van der Waals surface area contributed by atoms with Crippen LogP contribution < -0.4 is 9.47 Å². The van der Waals surface area contributed by atoms with Gasteiger partial charge in [0, 0.05) is 0 Å². The van der Waals surface area contributed by atoms with Gasteiger partial charge in [-0.2, -0.15) is 5.26 Å². The van der Waals surface area contributed by atoms with Gasteiger partial charge < -0.3 is 14.2 Å². The summed E-state index contributed by atoms with van der Waals surface area (Å²) in [6.07, 6.45) is 1.36. The third kappa shape index (κ3) is 4.71. The Balaban J connectivity index is 2.24. The molecule has 0 spiro atoms. The zero-order valence-electron chi connectivity index (χ0n) is 14.4. The van der Waals surface area contributed by atoms with Gasteiger partial charge in [0.25, 0.3) is 0 Å². The van der Waals surface area contributed by atoms with Crippen LogP contribution in [-0.4, -0.2) is 25.7 Å². The molecule has 0 amide bonds. The molecule has 0 fully saturated rings. The predicted octanol–water partition coefficient (Wildman–Crippen LogP) is 3.38. The first kappa shape index (κ1) is 18.7. The second-order valence-electron chi connectivity index (χ2n) is 5.05. The Hall–Kier alpha value is -3.59. The van der Waals surface area contributed by atoms with Crippen LogP contribution in [0.3, 0.4) is 0 Å². The molecule has 2 aromatic carbocycles. The number of carbonyl (C=O) groups excluding carboxylic acids is 2. The second-order valence-corrected chi connectivity index (χ2v) is 5.05. The van der Waals surface area contributed by atoms with Crippen LogP contribution in [0.25, 0.3) is 6.08 Å². The quantitative estimate of drug-likeness (QED) is 0.343. The first-order chi connectivity index (χ1) is 12.6. The molecule has 0 unspecified atom stereocenters. The van der Waals surface area contributed by atoms with E-state index in [0.717, 1.165) is 0 Å². The summed E-state index contributed by atoms with van der Waals surface area (Å²) in [4.78, 5) is 23.9. The highest BCUT2D eigenvalue weighted by atomic mass is 16.5. The van der Waals surface area contributed by atoms with Crippen molar-refractivity contribution in [2.24, 2.45) is 0 Å². The summed E-state index contributed by atoms with van der Waals surface area (Å²) in [5.74, 6) is -0.588. The van der Waals surface area contributed by atoms with Crippen molar-refractivity contribution in [1.82, 2.24) is 0 Å². The van der Waals surface area contributed by atoms with Crippen LogP contribution >= 0.6 is 0 Å². The van der Waals surface area contributed by atoms with Crippen LogP contribution in [0.4, 0.5) is 0 Å². The van der Waals surface area contributed by atoms with Crippen LogP contribution in [0.5, 0.6) is 11.5 Å². The van der Waals surface area contributed by atoms with Gasteiger partial charge in [0.05, 0.1) is 13.7 Å². The Bertz CT molecular complexity index is 880. The number of ether oxygens (including phenoxy) is 3.